The third kappa shape index (κ3) is 1.80. The lowest BCUT2D eigenvalue weighted by molar-refractivity contribution is 0.261. The minimum atomic E-state index is 0.425. The molecule has 2 heterocycles. The molecule has 1 N–H and O–H groups in total. The fourth-order valence-corrected chi connectivity index (χ4v) is 2.40. The second-order valence-corrected chi connectivity index (χ2v) is 4.48. The zero-order valence-corrected chi connectivity index (χ0v) is 9.07. The van der Waals surface area contributed by atoms with E-state index in [0.717, 1.165) is 5.92 Å². The fourth-order valence-electron chi connectivity index (χ4n) is 2.40. The lowest BCUT2D eigenvalue weighted by Crippen LogP contribution is -2.38. The first-order valence-corrected chi connectivity index (χ1v) is 5.27. The molecule has 0 spiro atoms. The number of aryl methyl sites for hydroxylation is 1. The number of hydrogen-bond acceptors (Lipinski definition) is 3. The maximum atomic E-state index is 3.97. The summed E-state index contributed by atoms with van der Waals surface area (Å²) in [5.41, 5.74) is 1.20. The topological polar surface area (TPSA) is 42.7 Å². The van der Waals surface area contributed by atoms with Crippen molar-refractivity contribution in [1.29, 1.82) is 0 Å². The van der Waals surface area contributed by atoms with Gasteiger partial charge in [-0.3, -0.25) is 4.68 Å². The van der Waals surface area contributed by atoms with Gasteiger partial charge in [-0.1, -0.05) is 12.1 Å². The molecule has 4 heteroatoms. The highest BCUT2D eigenvalue weighted by atomic mass is 15.4. The number of nitrogens with zero attached hydrogens (tertiary/aromatic N) is 3. The maximum Gasteiger partial charge on any atom is 0.0753 e. The van der Waals surface area contributed by atoms with Gasteiger partial charge in [0.15, 0.2) is 0 Å². The second-order valence-electron chi connectivity index (χ2n) is 4.48. The van der Waals surface area contributed by atoms with E-state index in [-0.39, 0.29) is 0 Å². The van der Waals surface area contributed by atoms with Gasteiger partial charge in [-0.05, 0) is 25.7 Å². The molecule has 0 saturated carbocycles. The average Bonchev–Trinajstić information content (AvgIpc) is 2.49. The molecule has 78 valence electrons. The van der Waals surface area contributed by atoms with Crippen LogP contribution in [0.1, 0.15) is 38.4 Å². The van der Waals surface area contributed by atoms with Crippen molar-refractivity contribution in [3.05, 3.63) is 11.9 Å². The molecule has 1 aromatic heterocycles. The molecule has 1 saturated heterocycles. The van der Waals surface area contributed by atoms with E-state index < -0.39 is 0 Å². The largest absolute Gasteiger partial charge is 0.306 e. The fraction of sp³-hybridized carbons (Fsp3) is 0.800. The van der Waals surface area contributed by atoms with Crippen LogP contribution in [0, 0.1) is 5.92 Å². The Kier molecular flexibility index (Phi) is 2.54. The Hall–Kier alpha value is -0.900. The van der Waals surface area contributed by atoms with Gasteiger partial charge in [0.2, 0.25) is 0 Å². The molecular formula is C10H18N4. The summed E-state index contributed by atoms with van der Waals surface area (Å²) >= 11 is 0. The number of hydrogen-bond donors (Lipinski definition) is 1. The van der Waals surface area contributed by atoms with Crippen LogP contribution in [0.25, 0.3) is 0 Å². The average molecular weight is 194 g/mol. The van der Waals surface area contributed by atoms with Crippen molar-refractivity contribution in [3.63, 3.8) is 0 Å². The highest BCUT2D eigenvalue weighted by Gasteiger charge is 2.26. The smallest absolute Gasteiger partial charge is 0.0753 e. The van der Waals surface area contributed by atoms with Gasteiger partial charge in [0.1, 0.15) is 0 Å². The van der Waals surface area contributed by atoms with Crippen LogP contribution in [0.4, 0.5) is 0 Å². The first-order chi connectivity index (χ1) is 6.66. The molecule has 3 atom stereocenters. The molecule has 0 amide bonds. The summed E-state index contributed by atoms with van der Waals surface area (Å²) in [6.07, 6.45) is 4.32. The number of nitrogens with one attached hydrogen (secondary N) is 1. The van der Waals surface area contributed by atoms with Gasteiger partial charge in [0, 0.05) is 13.1 Å². The number of rotatable bonds is 1. The van der Waals surface area contributed by atoms with Gasteiger partial charge in [-0.25, -0.2) is 0 Å². The second kappa shape index (κ2) is 3.69. The number of piperidine rings is 1. The van der Waals surface area contributed by atoms with Crippen LogP contribution in [-0.2, 0) is 7.05 Å². The van der Waals surface area contributed by atoms with Crippen LogP contribution in [0.15, 0.2) is 6.20 Å². The lowest BCUT2D eigenvalue weighted by atomic mass is 9.89. The highest BCUT2D eigenvalue weighted by Crippen LogP contribution is 2.28. The summed E-state index contributed by atoms with van der Waals surface area (Å²) < 4.78 is 1.86. The van der Waals surface area contributed by atoms with Crippen LogP contribution in [-0.4, -0.2) is 21.0 Å². The van der Waals surface area contributed by atoms with Crippen LogP contribution < -0.4 is 5.32 Å². The molecule has 3 unspecified atom stereocenters. The molecule has 0 bridgehead atoms. The van der Waals surface area contributed by atoms with Gasteiger partial charge in [0.05, 0.1) is 17.9 Å². The Balaban J connectivity index is 2.15. The Morgan fingerprint density at radius 2 is 2.21 bits per heavy atom. The molecule has 1 aliphatic rings. The Labute approximate surface area is 84.7 Å². The van der Waals surface area contributed by atoms with E-state index >= 15 is 0 Å². The molecule has 0 aliphatic carbocycles. The van der Waals surface area contributed by atoms with Gasteiger partial charge in [0.25, 0.3) is 0 Å². The standard InChI is InChI=1S/C10H18N4/c1-7-4-8(2)12-9(5-7)10-6-11-13-14(10)3/h6-9,12H,4-5H2,1-3H3. The van der Waals surface area contributed by atoms with E-state index in [4.69, 9.17) is 0 Å². The predicted molar refractivity (Wildman–Crippen MR) is 54.7 cm³/mol. The van der Waals surface area contributed by atoms with E-state index in [9.17, 15) is 0 Å². The van der Waals surface area contributed by atoms with Crippen LogP contribution in [0.5, 0.6) is 0 Å². The maximum absolute atomic E-state index is 3.97. The van der Waals surface area contributed by atoms with Crippen LogP contribution in [0.3, 0.4) is 0 Å². The van der Waals surface area contributed by atoms with Crippen LogP contribution in [0.2, 0.25) is 0 Å². The van der Waals surface area contributed by atoms with Crippen molar-refractivity contribution in [2.45, 2.75) is 38.8 Å². The van der Waals surface area contributed by atoms with Crippen LogP contribution >= 0.6 is 0 Å². The highest BCUT2D eigenvalue weighted by molar-refractivity contribution is 5.04. The van der Waals surface area contributed by atoms with Crippen molar-refractivity contribution >= 4 is 0 Å². The van der Waals surface area contributed by atoms with E-state index in [0.29, 0.717) is 12.1 Å². The monoisotopic (exact) mass is 194 g/mol. The van der Waals surface area contributed by atoms with Crippen molar-refractivity contribution < 1.29 is 0 Å². The van der Waals surface area contributed by atoms with Gasteiger partial charge < -0.3 is 5.32 Å². The normalized spacial score (nSPS) is 33.2. The minimum absolute atomic E-state index is 0.425. The Bertz CT molecular complexity index is 297. The predicted octanol–water partition coefficient (Wildman–Crippen LogP) is 1.26. The zero-order valence-electron chi connectivity index (χ0n) is 9.07. The molecule has 0 aromatic carbocycles. The third-order valence-electron chi connectivity index (χ3n) is 2.99. The van der Waals surface area contributed by atoms with E-state index in [1.54, 1.807) is 0 Å². The molecule has 0 radical (unpaired) electrons. The first-order valence-electron chi connectivity index (χ1n) is 5.27. The molecule has 1 aromatic rings. The summed E-state index contributed by atoms with van der Waals surface area (Å²) in [4.78, 5) is 0. The summed E-state index contributed by atoms with van der Waals surface area (Å²) in [6, 6.07) is 1.02. The van der Waals surface area contributed by atoms with Crippen molar-refractivity contribution in [2.75, 3.05) is 0 Å². The Morgan fingerprint density at radius 1 is 1.43 bits per heavy atom. The molecule has 2 rings (SSSR count). The van der Waals surface area contributed by atoms with E-state index in [1.165, 1.54) is 18.5 Å². The summed E-state index contributed by atoms with van der Waals surface area (Å²) in [5, 5.41) is 11.5. The Morgan fingerprint density at radius 3 is 2.79 bits per heavy atom. The van der Waals surface area contributed by atoms with Gasteiger partial charge >= 0.3 is 0 Å². The van der Waals surface area contributed by atoms with E-state index in [1.807, 2.05) is 17.9 Å². The summed E-state index contributed by atoms with van der Waals surface area (Å²) in [7, 11) is 1.95. The molecular weight excluding hydrogens is 176 g/mol. The van der Waals surface area contributed by atoms with Gasteiger partial charge in [-0.2, -0.15) is 0 Å². The summed E-state index contributed by atoms with van der Waals surface area (Å²) in [6.45, 7) is 4.56. The van der Waals surface area contributed by atoms with E-state index in [2.05, 4.69) is 29.5 Å². The minimum Gasteiger partial charge on any atom is -0.306 e. The van der Waals surface area contributed by atoms with Crippen molar-refractivity contribution in [3.8, 4) is 0 Å². The molecule has 14 heavy (non-hydrogen) atoms. The van der Waals surface area contributed by atoms with Crippen molar-refractivity contribution in [1.82, 2.24) is 20.3 Å². The third-order valence-corrected chi connectivity index (χ3v) is 2.99. The van der Waals surface area contributed by atoms with Crippen molar-refractivity contribution in [2.24, 2.45) is 13.0 Å². The van der Waals surface area contributed by atoms with Gasteiger partial charge in [-0.15, -0.1) is 5.10 Å². The number of aromatic nitrogens is 3. The molecule has 4 nitrogen and oxygen atoms in total. The summed E-state index contributed by atoms with van der Waals surface area (Å²) in [5.74, 6) is 0.783. The quantitative estimate of drug-likeness (QED) is 0.732. The SMILES string of the molecule is CC1CC(C)NC(c2cnnn2C)C1. The lowest BCUT2D eigenvalue weighted by Gasteiger charge is -2.32. The molecule has 1 fully saturated rings. The zero-order chi connectivity index (χ0) is 10.1. The first kappa shape index (κ1) is 9.65. The molecule has 1 aliphatic heterocycles.